The van der Waals surface area contributed by atoms with E-state index < -0.39 is 0 Å². The topological polar surface area (TPSA) is 52.3 Å². The van der Waals surface area contributed by atoms with Gasteiger partial charge < -0.3 is 10.5 Å². The largest absolute Gasteiger partial charge is 0.466 e. The summed E-state index contributed by atoms with van der Waals surface area (Å²) in [6, 6.07) is 6.04. The number of benzene rings is 1. The van der Waals surface area contributed by atoms with Crippen LogP contribution < -0.4 is 5.73 Å². The van der Waals surface area contributed by atoms with Crippen LogP contribution in [0.2, 0.25) is 0 Å². The molecule has 0 heterocycles. The van der Waals surface area contributed by atoms with Gasteiger partial charge in [0.05, 0.1) is 12.5 Å². The lowest BCUT2D eigenvalue weighted by Crippen LogP contribution is -2.27. The number of nitrogens with two attached hydrogens (primary N) is 1. The third-order valence-corrected chi connectivity index (χ3v) is 2.30. The van der Waals surface area contributed by atoms with Crippen molar-refractivity contribution in [1.29, 1.82) is 0 Å². The van der Waals surface area contributed by atoms with Gasteiger partial charge in [-0.15, -0.1) is 0 Å². The molecular formula is C12H16FNO2. The summed E-state index contributed by atoms with van der Waals surface area (Å²) in [5.41, 5.74) is 6.39. The van der Waals surface area contributed by atoms with Gasteiger partial charge in [-0.25, -0.2) is 4.39 Å². The van der Waals surface area contributed by atoms with Crippen molar-refractivity contribution in [1.82, 2.24) is 0 Å². The van der Waals surface area contributed by atoms with E-state index in [0.717, 1.165) is 5.56 Å². The lowest BCUT2D eigenvalue weighted by Gasteiger charge is -2.13. The smallest absolute Gasteiger partial charge is 0.310 e. The Morgan fingerprint density at radius 3 is 2.56 bits per heavy atom. The number of halogens is 1. The number of rotatable bonds is 5. The molecule has 1 aromatic rings. The molecule has 2 N–H and O–H groups in total. The fraction of sp³-hybridized carbons (Fsp3) is 0.417. The van der Waals surface area contributed by atoms with Crippen molar-refractivity contribution in [3.63, 3.8) is 0 Å². The molecule has 0 aliphatic heterocycles. The zero-order valence-corrected chi connectivity index (χ0v) is 9.28. The first-order valence-corrected chi connectivity index (χ1v) is 5.28. The number of esters is 1. The Morgan fingerprint density at radius 2 is 2.06 bits per heavy atom. The van der Waals surface area contributed by atoms with E-state index in [-0.39, 0.29) is 24.2 Å². The first-order chi connectivity index (χ1) is 7.67. The SMILES string of the molecule is CCOC(=O)C(CN)Cc1ccc(F)cc1. The first-order valence-electron chi connectivity index (χ1n) is 5.28. The molecule has 4 heteroatoms. The fourth-order valence-corrected chi connectivity index (χ4v) is 1.43. The summed E-state index contributed by atoms with van der Waals surface area (Å²) in [6.07, 6.45) is 0.482. The normalized spacial score (nSPS) is 12.2. The van der Waals surface area contributed by atoms with Crippen LogP contribution in [-0.2, 0) is 16.0 Å². The predicted molar refractivity (Wildman–Crippen MR) is 59.3 cm³/mol. The van der Waals surface area contributed by atoms with Crippen LogP contribution in [0.5, 0.6) is 0 Å². The monoisotopic (exact) mass is 225 g/mol. The maximum absolute atomic E-state index is 12.7. The Hall–Kier alpha value is -1.42. The van der Waals surface area contributed by atoms with E-state index >= 15 is 0 Å². The van der Waals surface area contributed by atoms with E-state index in [1.54, 1.807) is 19.1 Å². The lowest BCUT2D eigenvalue weighted by molar-refractivity contribution is -0.147. The third kappa shape index (κ3) is 3.62. The van der Waals surface area contributed by atoms with E-state index in [1.807, 2.05) is 0 Å². The average molecular weight is 225 g/mol. The highest BCUT2D eigenvalue weighted by Crippen LogP contribution is 2.10. The summed E-state index contributed by atoms with van der Waals surface area (Å²) < 4.78 is 17.6. The van der Waals surface area contributed by atoms with Crippen LogP contribution >= 0.6 is 0 Å². The Balaban J connectivity index is 2.62. The molecule has 1 unspecified atom stereocenters. The van der Waals surface area contributed by atoms with Crippen LogP contribution in [0.1, 0.15) is 12.5 Å². The molecule has 0 aromatic heterocycles. The molecule has 1 rings (SSSR count). The van der Waals surface area contributed by atoms with Crippen molar-refractivity contribution in [2.24, 2.45) is 11.7 Å². The van der Waals surface area contributed by atoms with Crippen molar-refractivity contribution in [2.45, 2.75) is 13.3 Å². The van der Waals surface area contributed by atoms with Crippen molar-refractivity contribution in [3.05, 3.63) is 35.6 Å². The van der Waals surface area contributed by atoms with E-state index in [4.69, 9.17) is 10.5 Å². The standard InChI is InChI=1S/C12H16FNO2/c1-2-16-12(15)10(8-14)7-9-3-5-11(13)6-4-9/h3-6,10H,2,7-8,14H2,1H3. The summed E-state index contributed by atoms with van der Waals surface area (Å²) >= 11 is 0. The second kappa shape index (κ2) is 6.23. The fourth-order valence-electron chi connectivity index (χ4n) is 1.43. The van der Waals surface area contributed by atoms with E-state index in [2.05, 4.69) is 0 Å². The minimum Gasteiger partial charge on any atom is -0.466 e. The van der Waals surface area contributed by atoms with E-state index in [0.29, 0.717) is 13.0 Å². The van der Waals surface area contributed by atoms with Crippen LogP contribution in [0.3, 0.4) is 0 Å². The van der Waals surface area contributed by atoms with Gasteiger partial charge in [0, 0.05) is 6.54 Å². The molecule has 88 valence electrons. The Kier molecular flexibility index (Phi) is 4.92. The van der Waals surface area contributed by atoms with Gasteiger partial charge in [0.15, 0.2) is 0 Å². The second-order valence-corrected chi connectivity index (χ2v) is 3.52. The van der Waals surface area contributed by atoms with Gasteiger partial charge in [0.2, 0.25) is 0 Å². The summed E-state index contributed by atoms with van der Waals surface area (Å²) in [5, 5.41) is 0. The molecule has 0 saturated carbocycles. The Bertz CT molecular complexity index is 337. The average Bonchev–Trinajstić information content (AvgIpc) is 2.28. The van der Waals surface area contributed by atoms with Crippen molar-refractivity contribution in [3.8, 4) is 0 Å². The molecule has 0 radical (unpaired) electrons. The van der Waals surface area contributed by atoms with Gasteiger partial charge in [-0.05, 0) is 31.0 Å². The molecule has 0 fully saturated rings. The van der Waals surface area contributed by atoms with Crippen molar-refractivity contribution < 1.29 is 13.9 Å². The molecule has 0 amide bonds. The molecule has 1 atom stereocenters. The van der Waals surface area contributed by atoms with Crippen LogP contribution in [0.4, 0.5) is 4.39 Å². The minimum absolute atomic E-state index is 0.232. The maximum Gasteiger partial charge on any atom is 0.310 e. The summed E-state index contributed by atoms with van der Waals surface area (Å²) in [4.78, 5) is 11.5. The molecule has 0 spiro atoms. The number of ether oxygens (including phenoxy) is 1. The van der Waals surface area contributed by atoms with Crippen LogP contribution in [-0.4, -0.2) is 19.1 Å². The van der Waals surface area contributed by atoms with E-state index in [9.17, 15) is 9.18 Å². The number of hydrogen-bond acceptors (Lipinski definition) is 3. The molecule has 0 aliphatic carbocycles. The van der Waals surface area contributed by atoms with Crippen LogP contribution in [0, 0.1) is 11.7 Å². The predicted octanol–water partition coefficient (Wildman–Crippen LogP) is 1.51. The lowest BCUT2D eigenvalue weighted by atomic mass is 9.99. The summed E-state index contributed by atoms with van der Waals surface area (Å²) in [7, 11) is 0. The highest BCUT2D eigenvalue weighted by molar-refractivity contribution is 5.73. The maximum atomic E-state index is 12.7. The zero-order valence-electron chi connectivity index (χ0n) is 9.28. The molecule has 3 nitrogen and oxygen atoms in total. The molecule has 0 bridgehead atoms. The van der Waals surface area contributed by atoms with Gasteiger partial charge in [-0.3, -0.25) is 4.79 Å². The van der Waals surface area contributed by atoms with Gasteiger partial charge >= 0.3 is 5.97 Å². The van der Waals surface area contributed by atoms with Gasteiger partial charge in [-0.1, -0.05) is 12.1 Å². The molecule has 16 heavy (non-hydrogen) atoms. The van der Waals surface area contributed by atoms with Crippen molar-refractivity contribution in [2.75, 3.05) is 13.2 Å². The number of carbonyl (C=O) groups excluding carboxylic acids is 1. The highest BCUT2D eigenvalue weighted by atomic mass is 19.1. The van der Waals surface area contributed by atoms with Gasteiger partial charge in [0.25, 0.3) is 0 Å². The second-order valence-electron chi connectivity index (χ2n) is 3.52. The Morgan fingerprint density at radius 1 is 1.44 bits per heavy atom. The minimum atomic E-state index is -0.356. The number of hydrogen-bond donors (Lipinski definition) is 1. The number of carbonyl (C=O) groups is 1. The van der Waals surface area contributed by atoms with Crippen LogP contribution in [0.25, 0.3) is 0 Å². The molecule has 0 saturated heterocycles. The first kappa shape index (κ1) is 12.6. The Labute approximate surface area is 94.4 Å². The molecular weight excluding hydrogens is 209 g/mol. The third-order valence-electron chi connectivity index (χ3n) is 2.30. The van der Waals surface area contributed by atoms with Crippen molar-refractivity contribution >= 4 is 5.97 Å². The highest BCUT2D eigenvalue weighted by Gasteiger charge is 2.18. The summed E-state index contributed by atoms with van der Waals surface area (Å²) in [5.74, 6) is -0.941. The summed E-state index contributed by atoms with van der Waals surface area (Å²) in [6.45, 7) is 2.33. The zero-order chi connectivity index (χ0) is 12.0. The van der Waals surface area contributed by atoms with Crippen LogP contribution in [0.15, 0.2) is 24.3 Å². The van der Waals surface area contributed by atoms with E-state index in [1.165, 1.54) is 12.1 Å². The molecule has 1 aromatic carbocycles. The molecule has 0 aliphatic rings. The quantitative estimate of drug-likeness (QED) is 0.773. The van der Waals surface area contributed by atoms with Gasteiger partial charge in [0.1, 0.15) is 5.82 Å². The van der Waals surface area contributed by atoms with Gasteiger partial charge in [-0.2, -0.15) is 0 Å².